The molecule has 2 unspecified atom stereocenters. The van der Waals surface area contributed by atoms with Crippen LogP contribution in [0.15, 0.2) is 48.6 Å². The van der Waals surface area contributed by atoms with Crippen molar-refractivity contribution in [3.8, 4) is 0 Å². The monoisotopic (exact) mass is 755 g/mol. The summed E-state index contributed by atoms with van der Waals surface area (Å²) in [4.78, 5) is 22.8. The zero-order valence-electron chi connectivity index (χ0n) is 34.3. The van der Waals surface area contributed by atoms with E-state index < -0.39 is 13.9 Å². The highest BCUT2D eigenvalue weighted by Crippen LogP contribution is 2.43. The van der Waals surface area contributed by atoms with Crippen LogP contribution in [0.5, 0.6) is 0 Å². The molecule has 0 rings (SSSR count). The number of ether oxygens (including phenoxy) is 2. The second-order valence-corrected chi connectivity index (χ2v) is 16.4. The summed E-state index contributed by atoms with van der Waals surface area (Å²) in [6, 6.07) is 0. The fourth-order valence-corrected chi connectivity index (χ4v) is 6.13. The second kappa shape index (κ2) is 36.4. The van der Waals surface area contributed by atoms with Gasteiger partial charge in [0.25, 0.3) is 0 Å². The molecule has 52 heavy (non-hydrogen) atoms. The van der Waals surface area contributed by atoms with E-state index in [4.69, 9.17) is 18.5 Å². The van der Waals surface area contributed by atoms with Crippen LogP contribution >= 0.6 is 7.82 Å². The normalized spacial score (nSPS) is 14.3. The van der Waals surface area contributed by atoms with Crippen molar-refractivity contribution in [1.82, 2.24) is 0 Å². The van der Waals surface area contributed by atoms with Gasteiger partial charge in [0.2, 0.25) is 0 Å². The molecule has 0 radical (unpaired) electrons. The van der Waals surface area contributed by atoms with E-state index in [1.54, 1.807) is 0 Å². The van der Waals surface area contributed by atoms with Crippen LogP contribution in [0.2, 0.25) is 0 Å². The van der Waals surface area contributed by atoms with Gasteiger partial charge < -0.3 is 18.9 Å². The molecule has 2 atom stereocenters. The first-order chi connectivity index (χ1) is 25.1. The van der Waals surface area contributed by atoms with Gasteiger partial charge in [-0.25, -0.2) is 4.57 Å². The SMILES string of the molecule is CC/C=C\C/C=C\C/C=C\CCCCCC(=O)OC(COCCCCCCCC/C=C\CCCCCCCCC)COP(=O)(O)OCC[N+](C)(C)C. The Hall–Kier alpha value is -1.54. The van der Waals surface area contributed by atoms with Crippen LogP contribution in [0, 0.1) is 0 Å². The molecule has 0 spiro atoms. The quantitative estimate of drug-likeness (QED) is 0.0221. The molecular weight excluding hydrogens is 673 g/mol. The van der Waals surface area contributed by atoms with E-state index in [-0.39, 0.29) is 25.8 Å². The number of allylic oxidation sites excluding steroid dienone is 8. The van der Waals surface area contributed by atoms with Crippen molar-refractivity contribution in [3.05, 3.63) is 48.6 Å². The fraction of sp³-hybridized carbons (Fsp3) is 0.791. The summed E-state index contributed by atoms with van der Waals surface area (Å²) < 4.78 is 34.9. The Morgan fingerprint density at radius 1 is 0.615 bits per heavy atom. The van der Waals surface area contributed by atoms with Crippen molar-refractivity contribution >= 4 is 13.8 Å². The summed E-state index contributed by atoms with van der Waals surface area (Å²) in [5.74, 6) is -0.346. The largest absolute Gasteiger partial charge is 0.472 e. The molecule has 0 saturated heterocycles. The number of phosphoric ester groups is 1. The van der Waals surface area contributed by atoms with Crippen LogP contribution in [0.1, 0.15) is 162 Å². The van der Waals surface area contributed by atoms with Crippen molar-refractivity contribution < 1.29 is 37.3 Å². The van der Waals surface area contributed by atoms with Crippen LogP contribution in [-0.2, 0) is 27.9 Å². The Morgan fingerprint density at radius 3 is 1.69 bits per heavy atom. The van der Waals surface area contributed by atoms with Crippen molar-refractivity contribution in [3.63, 3.8) is 0 Å². The maximum atomic E-state index is 12.6. The van der Waals surface area contributed by atoms with Gasteiger partial charge in [-0.3, -0.25) is 13.8 Å². The van der Waals surface area contributed by atoms with Gasteiger partial charge in [-0.15, -0.1) is 0 Å². The standard InChI is InChI=1S/C43H80NO7P/c1-6-8-10-12-14-16-18-20-21-22-23-25-27-29-31-33-35-38-48-40-42(41-50-52(46,47)49-39-37-44(3,4)5)51-43(45)36-34-32-30-28-26-24-19-17-15-13-11-9-7-2/h9,11,15,17,21-22,24,26,42H,6-8,10,12-14,16,18-20,23,25,27-41H2,1-5H3/p+1/b11-9-,17-15-,22-21-,26-24-. The third kappa shape index (κ3) is 39.7. The highest BCUT2D eigenvalue weighted by molar-refractivity contribution is 7.47. The van der Waals surface area contributed by atoms with E-state index in [1.165, 1.54) is 83.5 Å². The van der Waals surface area contributed by atoms with Crippen LogP contribution in [-0.4, -0.2) is 75.6 Å². The number of carbonyl (C=O) groups excluding carboxylic acids is 1. The zero-order valence-corrected chi connectivity index (χ0v) is 35.2. The van der Waals surface area contributed by atoms with E-state index >= 15 is 0 Å². The number of quaternary nitrogens is 1. The Kier molecular flexibility index (Phi) is 35.4. The lowest BCUT2D eigenvalue weighted by molar-refractivity contribution is -0.870. The highest BCUT2D eigenvalue weighted by Gasteiger charge is 2.26. The Balaban J connectivity index is 4.30. The molecule has 0 aromatic carbocycles. The topological polar surface area (TPSA) is 91.3 Å². The van der Waals surface area contributed by atoms with E-state index in [0.717, 1.165) is 57.8 Å². The zero-order chi connectivity index (χ0) is 38.4. The van der Waals surface area contributed by atoms with Gasteiger partial charge in [0.15, 0.2) is 0 Å². The molecule has 9 heteroatoms. The van der Waals surface area contributed by atoms with Crippen molar-refractivity contribution in [1.29, 1.82) is 0 Å². The average Bonchev–Trinajstić information content (AvgIpc) is 3.09. The molecule has 0 amide bonds. The third-order valence-electron chi connectivity index (χ3n) is 8.62. The molecule has 0 aromatic rings. The van der Waals surface area contributed by atoms with E-state index in [1.807, 2.05) is 21.1 Å². The fourth-order valence-electron chi connectivity index (χ4n) is 5.38. The molecule has 0 heterocycles. The Bertz CT molecular complexity index is 973. The first-order valence-corrected chi connectivity index (χ1v) is 22.4. The van der Waals surface area contributed by atoms with Gasteiger partial charge in [0, 0.05) is 13.0 Å². The summed E-state index contributed by atoms with van der Waals surface area (Å²) in [7, 11) is 1.64. The number of phosphoric acid groups is 1. The minimum atomic E-state index is -4.28. The smallest absolute Gasteiger partial charge is 0.457 e. The summed E-state index contributed by atoms with van der Waals surface area (Å²) in [5, 5.41) is 0. The number of esters is 1. The van der Waals surface area contributed by atoms with Gasteiger partial charge in [-0.2, -0.15) is 0 Å². The first kappa shape index (κ1) is 50.5. The van der Waals surface area contributed by atoms with Crippen LogP contribution in [0.25, 0.3) is 0 Å². The minimum Gasteiger partial charge on any atom is -0.457 e. The van der Waals surface area contributed by atoms with Crippen LogP contribution in [0.4, 0.5) is 0 Å². The molecule has 0 aliphatic carbocycles. The van der Waals surface area contributed by atoms with Gasteiger partial charge in [-0.1, -0.05) is 133 Å². The van der Waals surface area contributed by atoms with Crippen molar-refractivity contribution in [2.75, 3.05) is 54.1 Å². The van der Waals surface area contributed by atoms with E-state index in [0.29, 0.717) is 24.1 Å². The van der Waals surface area contributed by atoms with Gasteiger partial charge in [-0.05, 0) is 70.6 Å². The lowest BCUT2D eigenvalue weighted by atomic mass is 10.1. The summed E-state index contributed by atoms with van der Waals surface area (Å²) >= 11 is 0. The summed E-state index contributed by atoms with van der Waals surface area (Å²) in [6.45, 7) is 5.44. The van der Waals surface area contributed by atoms with Crippen LogP contribution < -0.4 is 0 Å². The van der Waals surface area contributed by atoms with Crippen molar-refractivity contribution in [2.24, 2.45) is 0 Å². The maximum Gasteiger partial charge on any atom is 0.472 e. The van der Waals surface area contributed by atoms with Gasteiger partial charge in [0.1, 0.15) is 19.3 Å². The number of rotatable bonds is 38. The molecule has 0 saturated carbocycles. The van der Waals surface area contributed by atoms with E-state index in [2.05, 4.69) is 62.5 Å². The minimum absolute atomic E-state index is 0.0801. The Morgan fingerprint density at radius 2 is 1.12 bits per heavy atom. The lowest BCUT2D eigenvalue weighted by Crippen LogP contribution is -2.37. The lowest BCUT2D eigenvalue weighted by Gasteiger charge is -2.24. The Labute approximate surface area is 320 Å². The molecule has 0 aliphatic rings. The average molecular weight is 755 g/mol. The highest BCUT2D eigenvalue weighted by atomic mass is 31.2. The molecule has 0 aromatic heterocycles. The van der Waals surface area contributed by atoms with Gasteiger partial charge >= 0.3 is 13.8 Å². The molecule has 1 N–H and O–H groups in total. The predicted octanol–water partition coefficient (Wildman–Crippen LogP) is 12.0. The number of likely N-dealkylation sites (N-methyl/N-ethyl adjacent to an activating group) is 1. The van der Waals surface area contributed by atoms with Gasteiger partial charge in [0.05, 0.1) is 34.4 Å². The number of hydrogen-bond donors (Lipinski definition) is 1. The maximum absolute atomic E-state index is 12.6. The van der Waals surface area contributed by atoms with Crippen LogP contribution in [0.3, 0.4) is 0 Å². The second-order valence-electron chi connectivity index (χ2n) is 15.0. The summed E-state index contributed by atoms with van der Waals surface area (Å²) in [6.07, 6.45) is 42.9. The number of nitrogens with zero attached hydrogens (tertiary/aromatic N) is 1. The molecule has 304 valence electrons. The first-order valence-electron chi connectivity index (χ1n) is 20.9. The molecular formula is C43H81NO7P+. The molecule has 0 bridgehead atoms. The van der Waals surface area contributed by atoms with E-state index in [9.17, 15) is 14.3 Å². The third-order valence-corrected chi connectivity index (χ3v) is 9.61. The molecule has 8 nitrogen and oxygen atoms in total. The number of carbonyl (C=O) groups is 1. The summed E-state index contributed by atoms with van der Waals surface area (Å²) in [5.41, 5.74) is 0. The number of unbranched alkanes of at least 4 members (excludes halogenated alkanes) is 16. The molecule has 0 fully saturated rings. The van der Waals surface area contributed by atoms with Crippen molar-refractivity contribution in [2.45, 2.75) is 168 Å². The predicted molar refractivity (Wildman–Crippen MR) is 219 cm³/mol. The number of hydrogen-bond acceptors (Lipinski definition) is 6. The molecule has 0 aliphatic heterocycles.